The van der Waals surface area contributed by atoms with E-state index in [-0.39, 0.29) is 0 Å². The second-order valence-corrected chi connectivity index (χ2v) is 6.49. The summed E-state index contributed by atoms with van der Waals surface area (Å²) in [6.45, 7) is 6.66. The highest BCUT2D eigenvalue weighted by molar-refractivity contribution is 6.58. The minimum atomic E-state index is -1.44. The van der Waals surface area contributed by atoms with E-state index < -0.39 is 7.12 Å². The number of benzene rings is 2. The molecule has 0 atom stereocenters. The van der Waals surface area contributed by atoms with Crippen molar-refractivity contribution in [3.05, 3.63) is 59.7 Å². The first-order valence-electron chi connectivity index (χ1n) is 9.47. The van der Waals surface area contributed by atoms with Crippen LogP contribution in [-0.4, -0.2) is 30.3 Å². The molecule has 0 saturated heterocycles. The summed E-state index contributed by atoms with van der Waals surface area (Å²) in [5.41, 5.74) is 3.56. The summed E-state index contributed by atoms with van der Waals surface area (Å²) < 4.78 is 0. The summed E-state index contributed by atoms with van der Waals surface area (Å²) in [6.07, 6.45) is 4.84. The van der Waals surface area contributed by atoms with Gasteiger partial charge in [-0.3, -0.25) is 0 Å². The van der Waals surface area contributed by atoms with Crippen LogP contribution in [0.25, 0.3) is 0 Å². The molecule has 0 unspecified atom stereocenters. The Kier molecular flexibility index (Phi) is 8.27. The zero-order valence-electron chi connectivity index (χ0n) is 15.8. The maximum Gasteiger partial charge on any atom is 0.488 e. The topological polar surface area (TPSA) is 43.7 Å². The van der Waals surface area contributed by atoms with E-state index in [1.54, 1.807) is 24.3 Å². The molecule has 2 rings (SSSR count). The van der Waals surface area contributed by atoms with Crippen LogP contribution in [0.15, 0.2) is 48.5 Å². The fraction of sp³-hybridized carbons (Fsp3) is 0.364. The lowest BCUT2D eigenvalue weighted by Crippen LogP contribution is -2.29. The average Bonchev–Trinajstić information content (AvgIpc) is 2.67. The van der Waals surface area contributed by atoms with E-state index in [1.807, 2.05) is 0 Å². The van der Waals surface area contributed by atoms with Crippen LogP contribution in [0, 0.1) is 11.8 Å². The first-order valence-corrected chi connectivity index (χ1v) is 9.47. The normalized spacial score (nSPS) is 10.2. The minimum absolute atomic E-state index is 0.471. The lowest BCUT2D eigenvalue weighted by atomic mass is 9.80. The van der Waals surface area contributed by atoms with Crippen molar-refractivity contribution in [3.8, 4) is 11.8 Å². The van der Waals surface area contributed by atoms with Crippen molar-refractivity contribution < 1.29 is 10.0 Å². The number of rotatable bonds is 8. The summed E-state index contributed by atoms with van der Waals surface area (Å²) in [5.74, 6) is 6.29. The number of unbranched alkanes of at least 4 members (excludes halogenated alkanes) is 2. The van der Waals surface area contributed by atoms with Gasteiger partial charge in [0, 0.05) is 29.9 Å². The van der Waals surface area contributed by atoms with Gasteiger partial charge in [-0.05, 0) is 54.7 Å². The lowest BCUT2D eigenvalue weighted by Gasteiger charge is -2.24. The smallest absolute Gasteiger partial charge is 0.423 e. The fourth-order valence-corrected chi connectivity index (χ4v) is 2.71. The predicted molar refractivity (Wildman–Crippen MR) is 111 cm³/mol. The van der Waals surface area contributed by atoms with Gasteiger partial charge in [0.15, 0.2) is 0 Å². The first kappa shape index (κ1) is 20.1. The summed E-state index contributed by atoms with van der Waals surface area (Å²) in [5, 5.41) is 18.2. The fourth-order valence-electron chi connectivity index (χ4n) is 2.71. The molecular weight excluding hydrogens is 321 g/mol. The van der Waals surface area contributed by atoms with Gasteiger partial charge in [-0.2, -0.15) is 0 Å². The Balaban J connectivity index is 2.06. The van der Waals surface area contributed by atoms with E-state index in [1.165, 1.54) is 31.4 Å². The maximum absolute atomic E-state index is 9.12. The Morgan fingerprint density at radius 2 is 1.23 bits per heavy atom. The molecule has 0 heterocycles. The molecule has 2 N–H and O–H groups in total. The maximum atomic E-state index is 9.12. The molecule has 0 spiro atoms. The molecule has 3 nitrogen and oxygen atoms in total. The highest BCUT2D eigenvalue weighted by atomic mass is 16.4. The standard InChI is InChI=1S/C22H28BNO2/c1-3-5-17-24(18-6-4-2)22-15-11-20(12-16-22)8-7-19-9-13-21(14-10-19)23(25)26/h9-16,25-26H,3-6,17-18H2,1-2H3. The van der Waals surface area contributed by atoms with Gasteiger partial charge < -0.3 is 14.9 Å². The second-order valence-electron chi connectivity index (χ2n) is 6.49. The Morgan fingerprint density at radius 1 is 0.769 bits per heavy atom. The van der Waals surface area contributed by atoms with E-state index in [9.17, 15) is 0 Å². The molecule has 0 aliphatic rings. The molecule has 136 valence electrons. The van der Waals surface area contributed by atoms with Crippen molar-refractivity contribution in [2.75, 3.05) is 18.0 Å². The van der Waals surface area contributed by atoms with E-state index >= 15 is 0 Å². The zero-order valence-corrected chi connectivity index (χ0v) is 15.8. The van der Waals surface area contributed by atoms with Crippen molar-refractivity contribution in [2.24, 2.45) is 0 Å². The molecule has 2 aromatic rings. The molecule has 26 heavy (non-hydrogen) atoms. The summed E-state index contributed by atoms with van der Waals surface area (Å²) >= 11 is 0. The number of hydrogen-bond donors (Lipinski definition) is 2. The molecule has 0 fully saturated rings. The van der Waals surface area contributed by atoms with Gasteiger partial charge in [-0.1, -0.05) is 50.7 Å². The molecule has 0 aliphatic heterocycles. The van der Waals surface area contributed by atoms with Crippen LogP contribution in [-0.2, 0) is 0 Å². The van der Waals surface area contributed by atoms with Crippen LogP contribution in [0.5, 0.6) is 0 Å². The Hall–Kier alpha value is -2.22. The third-order valence-corrected chi connectivity index (χ3v) is 4.36. The van der Waals surface area contributed by atoms with Gasteiger partial charge in [-0.15, -0.1) is 0 Å². The first-order chi connectivity index (χ1) is 12.6. The van der Waals surface area contributed by atoms with E-state index in [4.69, 9.17) is 10.0 Å². The van der Waals surface area contributed by atoms with Crippen molar-refractivity contribution >= 4 is 18.3 Å². The number of anilines is 1. The zero-order chi connectivity index (χ0) is 18.8. The predicted octanol–water partition coefficient (Wildman–Crippen LogP) is 3.17. The van der Waals surface area contributed by atoms with Gasteiger partial charge in [0.25, 0.3) is 0 Å². The summed E-state index contributed by atoms with van der Waals surface area (Å²) in [6, 6.07) is 15.4. The average molecular weight is 349 g/mol. The van der Waals surface area contributed by atoms with E-state index in [0.29, 0.717) is 5.46 Å². The van der Waals surface area contributed by atoms with Crippen LogP contribution in [0.1, 0.15) is 50.7 Å². The molecule has 0 saturated carbocycles. The Labute approximate surface area is 157 Å². The molecule has 0 bridgehead atoms. The van der Waals surface area contributed by atoms with Crippen LogP contribution in [0.3, 0.4) is 0 Å². The van der Waals surface area contributed by atoms with Gasteiger partial charge in [0.05, 0.1) is 0 Å². The molecule has 4 heteroatoms. The van der Waals surface area contributed by atoms with Crippen LogP contribution in [0.4, 0.5) is 5.69 Å². The quantitative estimate of drug-likeness (QED) is 0.568. The van der Waals surface area contributed by atoms with Gasteiger partial charge in [0.2, 0.25) is 0 Å². The van der Waals surface area contributed by atoms with Crippen LogP contribution in [0.2, 0.25) is 0 Å². The monoisotopic (exact) mass is 349 g/mol. The third kappa shape index (κ3) is 6.26. The molecular formula is C22H28BNO2. The molecule has 0 aliphatic carbocycles. The third-order valence-electron chi connectivity index (χ3n) is 4.36. The summed E-state index contributed by atoms with van der Waals surface area (Å²) in [4.78, 5) is 2.46. The molecule has 2 aromatic carbocycles. The van der Waals surface area contributed by atoms with Crippen molar-refractivity contribution in [2.45, 2.75) is 39.5 Å². The highest BCUT2D eigenvalue weighted by Gasteiger charge is 2.09. The number of hydrogen-bond acceptors (Lipinski definition) is 3. The van der Waals surface area contributed by atoms with Crippen molar-refractivity contribution in [1.29, 1.82) is 0 Å². The molecule has 0 amide bonds. The number of nitrogens with zero attached hydrogens (tertiary/aromatic N) is 1. The van der Waals surface area contributed by atoms with Crippen molar-refractivity contribution in [3.63, 3.8) is 0 Å². The Bertz CT molecular complexity index is 707. The lowest BCUT2D eigenvalue weighted by molar-refractivity contribution is 0.426. The highest BCUT2D eigenvalue weighted by Crippen LogP contribution is 2.17. The second kappa shape index (κ2) is 10.7. The molecule has 0 radical (unpaired) electrons. The Morgan fingerprint density at radius 3 is 1.65 bits per heavy atom. The largest absolute Gasteiger partial charge is 0.488 e. The molecule has 0 aromatic heterocycles. The van der Waals surface area contributed by atoms with Gasteiger partial charge in [0.1, 0.15) is 0 Å². The minimum Gasteiger partial charge on any atom is -0.423 e. The van der Waals surface area contributed by atoms with E-state index in [0.717, 1.165) is 24.2 Å². The summed E-state index contributed by atoms with van der Waals surface area (Å²) in [7, 11) is -1.44. The van der Waals surface area contributed by atoms with Crippen LogP contribution < -0.4 is 10.4 Å². The van der Waals surface area contributed by atoms with E-state index in [2.05, 4.69) is 54.9 Å². The SMILES string of the molecule is CCCCN(CCCC)c1ccc(C#Cc2ccc(B(O)O)cc2)cc1. The van der Waals surface area contributed by atoms with Gasteiger partial charge in [-0.25, -0.2) is 0 Å². The van der Waals surface area contributed by atoms with Crippen LogP contribution >= 0.6 is 0 Å². The van der Waals surface area contributed by atoms with Gasteiger partial charge >= 0.3 is 7.12 Å². The van der Waals surface area contributed by atoms with Crippen molar-refractivity contribution in [1.82, 2.24) is 0 Å².